The van der Waals surface area contributed by atoms with Crippen LogP contribution in [-0.2, 0) is 5.60 Å². The summed E-state index contributed by atoms with van der Waals surface area (Å²) in [6.45, 7) is 0. The first-order chi connectivity index (χ1) is 9.50. The Morgan fingerprint density at radius 1 is 0.952 bits per heavy atom. The summed E-state index contributed by atoms with van der Waals surface area (Å²) in [6.07, 6.45) is -10.7. The van der Waals surface area contributed by atoms with E-state index < -0.39 is 28.9 Å². The number of aliphatic hydroxyl groups is 1. The lowest BCUT2D eigenvalue weighted by atomic mass is 9.88. The maximum Gasteiger partial charge on any atom is 0.430 e. The van der Waals surface area contributed by atoms with Crippen LogP contribution in [0, 0.1) is 0 Å². The second-order valence-corrected chi connectivity index (χ2v) is 4.31. The number of halogens is 6. The Morgan fingerprint density at radius 2 is 1.52 bits per heavy atom. The third-order valence-electron chi connectivity index (χ3n) is 3.01. The summed E-state index contributed by atoms with van der Waals surface area (Å²) in [7, 11) is 0. The molecule has 0 spiro atoms. The van der Waals surface area contributed by atoms with E-state index in [1.165, 1.54) is 6.20 Å². The van der Waals surface area contributed by atoms with E-state index in [-0.39, 0.29) is 11.2 Å². The number of nitrogens with zero attached hydrogens (tertiary/aromatic N) is 1. The van der Waals surface area contributed by atoms with E-state index in [9.17, 15) is 31.4 Å². The van der Waals surface area contributed by atoms with Crippen molar-refractivity contribution >= 4 is 16.6 Å². The van der Waals surface area contributed by atoms with Gasteiger partial charge in [-0.05, 0) is 12.1 Å². The van der Waals surface area contributed by atoms with Gasteiger partial charge in [-0.25, -0.2) is 0 Å². The Labute approximate surface area is 114 Å². The lowest BCUT2D eigenvalue weighted by Gasteiger charge is -2.33. The molecule has 0 aliphatic rings. The van der Waals surface area contributed by atoms with E-state index in [1.807, 2.05) is 0 Å². The summed E-state index contributed by atoms with van der Waals surface area (Å²) in [5.74, 6) is 0. The summed E-state index contributed by atoms with van der Waals surface area (Å²) in [6, 6.07) is 3.47. The maximum absolute atomic E-state index is 12.9. The van der Waals surface area contributed by atoms with Crippen molar-refractivity contribution < 1.29 is 31.4 Å². The Morgan fingerprint density at radius 3 is 2.05 bits per heavy atom. The van der Waals surface area contributed by atoms with Crippen LogP contribution in [0.5, 0.6) is 0 Å². The first-order valence-electron chi connectivity index (χ1n) is 5.49. The van der Waals surface area contributed by atoms with Crippen molar-refractivity contribution in [3.8, 4) is 0 Å². The van der Waals surface area contributed by atoms with Crippen LogP contribution < -0.4 is 5.73 Å². The Hall–Kier alpha value is -2.03. The van der Waals surface area contributed by atoms with Gasteiger partial charge in [0.1, 0.15) is 0 Å². The molecule has 0 saturated carbocycles. The van der Waals surface area contributed by atoms with Gasteiger partial charge in [0.05, 0.1) is 11.2 Å². The number of hydrogen-bond acceptors (Lipinski definition) is 3. The Balaban J connectivity index is 2.89. The molecule has 0 amide bonds. The number of benzene rings is 1. The van der Waals surface area contributed by atoms with Gasteiger partial charge >= 0.3 is 12.4 Å². The summed E-state index contributed by atoms with van der Waals surface area (Å²) in [4.78, 5) is 3.65. The fourth-order valence-corrected chi connectivity index (χ4v) is 1.98. The van der Waals surface area contributed by atoms with E-state index in [4.69, 9.17) is 5.73 Å². The van der Waals surface area contributed by atoms with Crippen LogP contribution in [0.15, 0.2) is 30.5 Å². The number of nitrogen functional groups attached to an aromatic ring is 1. The lowest BCUT2D eigenvalue weighted by Crippen LogP contribution is -2.54. The molecular weight excluding hydrogens is 302 g/mol. The molecule has 0 unspecified atom stereocenters. The van der Waals surface area contributed by atoms with E-state index >= 15 is 0 Å². The quantitative estimate of drug-likeness (QED) is 0.628. The molecule has 0 fully saturated rings. The van der Waals surface area contributed by atoms with Crippen LogP contribution in [0.2, 0.25) is 0 Å². The van der Waals surface area contributed by atoms with Crippen molar-refractivity contribution in [2.75, 3.05) is 5.73 Å². The molecule has 1 aromatic heterocycles. The molecule has 0 aliphatic heterocycles. The van der Waals surface area contributed by atoms with Gasteiger partial charge in [-0.3, -0.25) is 4.98 Å². The molecule has 21 heavy (non-hydrogen) atoms. The molecule has 0 radical (unpaired) electrons. The maximum atomic E-state index is 12.9. The van der Waals surface area contributed by atoms with Crippen LogP contribution >= 0.6 is 0 Å². The predicted octanol–water partition coefficient (Wildman–Crippen LogP) is 3.13. The van der Waals surface area contributed by atoms with Crippen LogP contribution in [0.25, 0.3) is 10.9 Å². The average Bonchev–Trinajstić information content (AvgIpc) is 2.36. The van der Waals surface area contributed by atoms with Crippen molar-refractivity contribution in [1.29, 1.82) is 0 Å². The van der Waals surface area contributed by atoms with Crippen molar-refractivity contribution in [3.63, 3.8) is 0 Å². The zero-order valence-corrected chi connectivity index (χ0v) is 10.1. The zero-order valence-electron chi connectivity index (χ0n) is 10.1. The number of hydrogen-bond donors (Lipinski definition) is 2. The average molecular weight is 310 g/mol. The fourth-order valence-electron chi connectivity index (χ4n) is 1.98. The Bertz CT molecular complexity index is 665. The molecule has 9 heteroatoms. The van der Waals surface area contributed by atoms with Gasteiger partial charge in [0.2, 0.25) is 0 Å². The van der Waals surface area contributed by atoms with Gasteiger partial charge in [0.25, 0.3) is 5.60 Å². The first kappa shape index (κ1) is 15.4. The van der Waals surface area contributed by atoms with Crippen LogP contribution in [0.3, 0.4) is 0 Å². The number of anilines is 1. The predicted molar refractivity (Wildman–Crippen MR) is 62.2 cm³/mol. The van der Waals surface area contributed by atoms with Crippen molar-refractivity contribution in [3.05, 3.63) is 36.0 Å². The highest BCUT2D eigenvalue weighted by molar-refractivity contribution is 5.92. The lowest BCUT2D eigenvalue weighted by molar-refractivity contribution is -0.375. The van der Waals surface area contributed by atoms with Gasteiger partial charge < -0.3 is 10.8 Å². The van der Waals surface area contributed by atoms with E-state index in [1.54, 1.807) is 0 Å². The third kappa shape index (κ3) is 2.17. The highest BCUT2D eigenvalue weighted by atomic mass is 19.4. The fraction of sp³-hybridized carbons (Fsp3) is 0.250. The second kappa shape index (κ2) is 4.48. The summed E-state index contributed by atoms with van der Waals surface area (Å²) in [5.41, 5.74) is -1.23. The third-order valence-corrected chi connectivity index (χ3v) is 3.01. The number of aromatic nitrogens is 1. The normalized spacial score (nSPS) is 13.7. The van der Waals surface area contributed by atoms with Gasteiger partial charge in [0, 0.05) is 17.1 Å². The molecule has 2 rings (SSSR count). The standard InChI is InChI=1S/C12H8F6N2O/c13-11(14,15)10(21,12(16,17)18)7-3-4-8(19)9-6(7)2-1-5-20-9/h1-5,21H,19H2. The minimum Gasteiger partial charge on any atom is -0.397 e. The molecule has 3 N–H and O–H groups in total. The molecule has 114 valence electrons. The van der Waals surface area contributed by atoms with Gasteiger partial charge in [-0.15, -0.1) is 0 Å². The van der Waals surface area contributed by atoms with Crippen molar-refractivity contribution in [1.82, 2.24) is 4.98 Å². The second-order valence-electron chi connectivity index (χ2n) is 4.31. The number of rotatable bonds is 1. The molecular formula is C12H8F6N2O. The first-order valence-corrected chi connectivity index (χ1v) is 5.49. The SMILES string of the molecule is Nc1ccc(C(O)(C(F)(F)F)C(F)(F)F)c2cccnc12. The molecule has 0 atom stereocenters. The number of fused-ring (bicyclic) bond motifs is 1. The number of alkyl halides is 6. The summed E-state index contributed by atoms with van der Waals surface area (Å²) < 4.78 is 77.4. The zero-order chi connectivity index (χ0) is 16.1. The van der Waals surface area contributed by atoms with Crippen LogP contribution in [0.1, 0.15) is 5.56 Å². The number of nitrogens with two attached hydrogens (primary N) is 1. The largest absolute Gasteiger partial charge is 0.430 e. The molecule has 3 nitrogen and oxygen atoms in total. The van der Waals surface area contributed by atoms with Gasteiger partial charge in [0.15, 0.2) is 0 Å². The highest BCUT2D eigenvalue weighted by Crippen LogP contribution is 2.51. The molecule has 1 heterocycles. The van der Waals surface area contributed by atoms with Gasteiger partial charge in [-0.1, -0.05) is 12.1 Å². The minimum atomic E-state index is -5.95. The van der Waals surface area contributed by atoms with E-state index in [2.05, 4.69) is 4.98 Å². The highest BCUT2D eigenvalue weighted by Gasteiger charge is 2.71. The topological polar surface area (TPSA) is 59.1 Å². The van der Waals surface area contributed by atoms with Crippen LogP contribution in [0.4, 0.5) is 32.0 Å². The van der Waals surface area contributed by atoms with E-state index in [0.717, 1.165) is 18.2 Å². The molecule has 2 aromatic rings. The molecule has 0 aliphatic carbocycles. The number of pyridine rings is 1. The minimum absolute atomic E-state index is 0.0963. The van der Waals surface area contributed by atoms with Crippen molar-refractivity contribution in [2.45, 2.75) is 18.0 Å². The Kier molecular flexibility index (Phi) is 3.28. The van der Waals surface area contributed by atoms with Crippen molar-refractivity contribution in [2.24, 2.45) is 0 Å². The molecule has 1 aromatic carbocycles. The summed E-state index contributed by atoms with van der Waals surface area (Å²) in [5, 5.41) is 8.91. The molecule has 0 saturated heterocycles. The van der Waals surface area contributed by atoms with Gasteiger partial charge in [-0.2, -0.15) is 26.3 Å². The van der Waals surface area contributed by atoms with E-state index in [0.29, 0.717) is 6.07 Å². The van der Waals surface area contributed by atoms with Crippen LogP contribution in [-0.4, -0.2) is 22.4 Å². The molecule has 0 bridgehead atoms. The monoisotopic (exact) mass is 310 g/mol. The summed E-state index contributed by atoms with van der Waals surface area (Å²) >= 11 is 0. The smallest absolute Gasteiger partial charge is 0.397 e.